The van der Waals surface area contributed by atoms with Crippen molar-refractivity contribution in [2.45, 2.75) is 23.9 Å². The Morgan fingerprint density at radius 3 is 2.31 bits per heavy atom. The van der Waals surface area contributed by atoms with E-state index >= 15 is 0 Å². The van der Waals surface area contributed by atoms with Gasteiger partial charge in [-0.1, -0.05) is 59.8 Å². The first-order valence-electron chi connectivity index (χ1n) is 10.0. The first-order valence-corrected chi connectivity index (χ1v) is 13.1. The topological polar surface area (TPSA) is 64.8 Å². The summed E-state index contributed by atoms with van der Waals surface area (Å²) in [4.78, 5) is 0.267. The van der Waals surface area contributed by atoms with Gasteiger partial charge in [0.05, 0.1) is 16.3 Å². The number of thioether (sulfide) groups is 1. The number of rotatable bonds is 7. The minimum absolute atomic E-state index is 0.0141. The fourth-order valence-corrected chi connectivity index (χ4v) is 5.96. The van der Waals surface area contributed by atoms with Crippen LogP contribution in [-0.2, 0) is 9.84 Å². The quantitative estimate of drug-likeness (QED) is 0.312. The SMILES string of the molecule is Cc1ccc(-n2c(SCCS(=O)(=O)c3ccc(Cl)cc3)nnc2-c2ccccc2)cc1C. The summed E-state index contributed by atoms with van der Waals surface area (Å²) in [6, 6.07) is 22.3. The summed E-state index contributed by atoms with van der Waals surface area (Å²) in [7, 11) is -3.42. The standard InChI is InChI=1S/C24H22ClN3O2S2/c1-17-8-11-21(16-18(17)2)28-23(19-6-4-3-5-7-19)26-27-24(28)31-14-15-32(29,30)22-12-9-20(25)10-13-22/h3-13,16H,14-15H2,1-2H3. The van der Waals surface area contributed by atoms with Crippen molar-refractivity contribution in [3.8, 4) is 17.1 Å². The van der Waals surface area contributed by atoms with Gasteiger partial charge in [-0.3, -0.25) is 4.57 Å². The smallest absolute Gasteiger partial charge is 0.196 e. The molecule has 3 aromatic carbocycles. The van der Waals surface area contributed by atoms with Gasteiger partial charge in [0.15, 0.2) is 20.8 Å². The van der Waals surface area contributed by atoms with Crippen molar-refractivity contribution in [3.63, 3.8) is 0 Å². The van der Waals surface area contributed by atoms with Crippen molar-refractivity contribution >= 4 is 33.2 Å². The van der Waals surface area contributed by atoms with E-state index in [9.17, 15) is 8.42 Å². The van der Waals surface area contributed by atoms with Crippen LogP contribution in [0.3, 0.4) is 0 Å². The molecule has 1 heterocycles. The van der Waals surface area contributed by atoms with Crippen LogP contribution in [0, 0.1) is 13.8 Å². The Kier molecular flexibility index (Phi) is 6.69. The summed E-state index contributed by atoms with van der Waals surface area (Å²) in [6.07, 6.45) is 0. The van der Waals surface area contributed by atoms with E-state index < -0.39 is 9.84 Å². The molecule has 0 unspecified atom stereocenters. The third-order valence-electron chi connectivity index (χ3n) is 5.17. The molecule has 0 fully saturated rings. The minimum atomic E-state index is -3.42. The monoisotopic (exact) mass is 483 g/mol. The average molecular weight is 484 g/mol. The van der Waals surface area contributed by atoms with E-state index in [1.165, 1.54) is 29.5 Å². The number of aryl methyl sites for hydroxylation is 2. The van der Waals surface area contributed by atoms with E-state index in [0.717, 1.165) is 22.6 Å². The van der Waals surface area contributed by atoms with Crippen molar-refractivity contribution in [1.82, 2.24) is 14.8 Å². The second-order valence-corrected chi connectivity index (χ2v) is 11.0. The molecule has 164 valence electrons. The Morgan fingerprint density at radius 1 is 0.906 bits per heavy atom. The van der Waals surface area contributed by atoms with Crippen LogP contribution >= 0.6 is 23.4 Å². The van der Waals surface area contributed by atoms with Gasteiger partial charge < -0.3 is 0 Å². The Balaban J connectivity index is 1.63. The Hall–Kier alpha value is -2.61. The fraction of sp³-hybridized carbons (Fsp3) is 0.167. The van der Waals surface area contributed by atoms with Crippen molar-refractivity contribution in [3.05, 3.63) is 88.9 Å². The van der Waals surface area contributed by atoms with Crippen molar-refractivity contribution in [2.75, 3.05) is 11.5 Å². The lowest BCUT2D eigenvalue weighted by molar-refractivity contribution is 0.597. The second-order valence-electron chi connectivity index (χ2n) is 7.40. The zero-order chi connectivity index (χ0) is 22.7. The summed E-state index contributed by atoms with van der Waals surface area (Å²) < 4.78 is 27.4. The lowest BCUT2D eigenvalue weighted by Crippen LogP contribution is -2.09. The van der Waals surface area contributed by atoms with Gasteiger partial charge in [-0.25, -0.2) is 8.42 Å². The predicted octanol–water partition coefficient (Wildman–Crippen LogP) is 5.77. The van der Waals surface area contributed by atoms with Crippen LogP contribution in [0.4, 0.5) is 0 Å². The number of nitrogens with zero attached hydrogens (tertiary/aromatic N) is 3. The van der Waals surface area contributed by atoms with Gasteiger partial charge >= 0.3 is 0 Å². The van der Waals surface area contributed by atoms with E-state index in [-0.39, 0.29) is 10.6 Å². The van der Waals surface area contributed by atoms with Crippen LogP contribution in [0.1, 0.15) is 11.1 Å². The normalized spacial score (nSPS) is 11.6. The highest BCUT2D eigenvalue weighted by molar-refractivity contribution is 8.00. The van der Waals surface area contributed by atoms with Gasteiger partial charge in [0.25, 0.3) is 0 Å². The Labute approximate surface area is 197 Å². The predicted molar refractivity (Wildman–Crippen MR) is 130 cm³/mol. The largest absolute Gasteiger partial charge is 0.270 e. The average Bonchev–Trinajstić information content (AvgIpc) is 3.20. The highest BCUT2D eigenvalue weighted by Gasteiger charge is 2.19. The van der Waals surface area contributed by atoms with Crippen molar-refractivity contribution < 1.29 is 8.42 Å². The lowest BCUT2D eigenvalue weighted by Gasteiger charge is -2.12. The lowest BCUT2D eigenvalue weighted by atomic mass is 10.1. The molecule has 0 aliphatic heterocycles. The van der Waals surface area contributed by atoms with E-state index in [4.69, 9.17) is 11.6 Å². The molecule has 4 aromatic rings. The number of sulfone groups is 1. The Bertz CT molecular complexity index is 1340. The molecular formula is C24H22ClN3O2S2. The molecule has 5 nitrogen and oxygen atoms in total. The highest BCUT2D eigenvalue weighted by atomic mass is 35.5. The molecule has 0 N–H and O–H groups in total. The molecule has 0 aliphatic carbocycles. The number of hydrogen-bond acceptors (Lipinski definition) is 5. The van der Waals surface area contributed by atoms with Gasteiger partial charge in [0.2, 0.25) is 0 Å². The van der Waals surface area contributed by atoms with Gasteiger partial charge in [-0.05, 0) is 61.4 Å². The maximum Gasteiger partial charge on any atom is 0.196 e. The van der Waals surface area contributed by atoms with Crippen LogP contribution in [0.25, 0.3) is 17.1 Å². The molecule has 0 saturated heterocycles. The fourth-order valence-electron chi connectivity index (χ4n) is 3.24. The molecule has 0 saturated carbocycles. The Morgan fingerprint density at radius 2 is 1.62 bits per heavy atom. The highest BCUT2D eigenvalue weighted by Crippen LogP contribution is 2.29. The molecule has 0 aliphatic rings. The molecule has 4 rings (SSSR count). The van der Waals surface area contributed by atoms with E-state index in [0.29, 0.717) is 15.9 Å². The van der Waals surface area contributed by atoms with Gasteiger partial charge in [-0.15, -0.1) is 10.2 Å². The summed E-state index contributed by atoms with van der Waals surface area (Å²) in [5.74, 6) is 1.06. The van der Waals surface area contributed by atoms with Crippen molar-refractivity contribution in [2.24, 2.45) is 0 Å². The van der Waals surface area contributed by atoms with E-state index in [1.54, 1.807) is 12.1 Å². The summed E-state index contributed by atoms with van der Waals surface area (Å²) in [6.45, 7) is 4.14. The first-order chi connectivity index (χ1) is 15.3. The maximum atomic E-state index is 12.7. The molecule has 8 heteroatoms. The molecule has 0 atom stereocenters. The third-order valence-corrected chi connectivity index (χ3v) is 8.34. The van der Waals surface area contributed by atoms with Crippen molar-refractivity contribution in [1.29, 1.82) is 0 Å². The summed E-state index contributed by atoms with van der Waals surface area (Å²) >= 11 is 7.25. The molecule has 0 spiro atoms. The maximum absolute atomic E-state index is 12.7. The van der Waals surface area contributed by atoms with E-state index in [1.807, 2.05) is 41.0 Å². The molecule has 1 aromatic heterocycles. The number of aromatic nitrogens is 3. The second kappa shape index (κ2) is 9.48. The van der Waals surface area contributed by atoms with E-state index in [2.05, 4.69) is 36.2 Å². The number of benzene rings is 3. The molecule has 0 amide bonds. The number of halogens is 1. The molecular weight excluding hydrogens is 462 g/mol. The zero-order valence-corrected chi connectivity index (χ0v) is 20.1. The van der Waals surface area contributed by atoms with Gasteiger partial charge in [0, 0.05) is 16.3 Å². The third kappa shape index (κ3) is 4.90. The first kappa shape index (κ1) is 22.6. The summed E-state index contributed by atoms with van der Waals surface area (Å²) in [5, 5.41) is 9.97. The molecule has 0 bridgehead atoms. The minimum Gasteiger partial charge on any atom is -0.270 e. The van der Waals surface area contributed by atoms with Crippen LogP contribution in [0.5, 0.6) is 0 Å². The molecule has 32 heavy (non-hydrogen) atoms. The van der Waals surface area contributed by atoms with Gasteiger partial charge in [-0.2, -0.15) is 0 Å². The van der Waals surface area contributed by atoms with Crippen LogP contribution in [-0.4, -0.2) is 34.7 Å². The van der Waals surface area contributed by atoms with Crippen LogP contribution < -0.4 is 0 Å². The number of hydrogen-bond donors (Lipinski definition) is 0. The van der Waals surface area contributed by atoms with Gasteiger partial charge in [0.1, 0.15) is 0 Å². The molecule has 0 radical (unpaired) electrons. The zero-order valence-electron chi connectivity index (χ0n) is 17.7. The summed E-state index contributed by atoms with van der Waals surface area (Å²) in [5.41, 5.74) is 4.25. The van der Waals surface area contributed by atoms with Crippen LogP contribution in [0.2, 0.25) is 5.02 Å². The van der Waals surface area contributed by atoms with Crippen LogP contribution in [0.15, 0.2) is 82.8 Å².